The Morgan fingerprint density at radius 3 is 2.53 bits per heavy atom. The fourth-order valence-electron chi connectivity index (χ4n) is 2.70. The second kappa shape index (κ2) is 4.97. The fraction of sp³-hybridized carbons (Fsp3) is 0.571. The molecule has 0 heterocycles. The van der Waals surface area contributed by atoms with E-state index in [-0.39, 0.29) is 17.9 Å². The lowest BCUT2D eigenvalue weighted by Gasteiger charge is -2.28. The van der Waals surface area contributed by atoms with Gasteiger partial charge in [-0.3, -0.25) is 0 Å². The number of hydrogen-bond acceptors (Lipinski definition) is 2. The average molecular weight is 255 g/mol. The smallest absolute Gasteiger partial charge is 0.0647 e. The number of rotatable bonds is 3. The van der Waals surface area contributed by atoms with Gasteiger partial charge in [0, 0.05) is 10.4 Å². The molecule has 1 aromatic carbocycles. The molecule has 2 rings (SSSR count). The lowest BCUT2D eigenvalue weighted by atomic mass is 9.84. The minimum Gasteiger partial charge on any atom is -0.396 e. The Bertz CT molecular complexity index is 376. The van der Waals surface area contributed by atoms with E-state index in [1.807, 2.05) is 31.2 Å². The molecule has 3 unspecified atom stereocenters. The first kappa shape index (κ1) is 12.9. The van der Waals surface area contributed by atoms with Crippen LogP contribution in [0.2, 0.25) is 5.02 Å². The molecule has 17 heavy (non-hydrogen) atoms. The van der Waals surface area contributed by atoms with Crippen LogP contribution in [0.15, 0.2) is 24.3 Å². The normalized spacial score (nSPS) is 32.9. The molecule has 3 atom stereocenters. The molecule has 0 saturated heterocycles. The first-order valence-electron chi connectivity index (χ1n) is 6.08. The topological polar surface area (TPSA) is 40.5 Å². The van der Waals surface area contributed by atoms with Gasteiger partial charge >= 0.3 is 0 Å². The molecule has 94 valence electrons. The SMILES string of the molecule is CC1(CO)CCC(Cc2ccc(Cl)cc2)C1O. The summed E-state index contributed by atoms with van der Waals surface area (Å²) in [5, 5.41) is 20.3. The number of aliphatic hydroxyl groups excluding tert-OH is 2. The van der Waals surface area contributed by atoms with Crippen LogP contribution in [0.1, 0.15) is 25.3 Å². The van der Waals surface area contributed by atoms with E-state index in [9.17, 15) is 10.2 Å². The molecular weight excluding hydrogens is 236 g/mol. The van der Waals surface area contributed by atoms with E-state index in [4.69, 9.17) is 11.6 Å². The predicted molar refractivity (Wildman–Crippen MR) is 69.1 cm³/mol. The summed E-state index contributed by atoms with van der Waals surface area (Å²) in [6, 6.07) is 7.76. The highest BCUT2D eigenvalue weighted by Crippen LogP contribution is 2.42. The van der Waals surface area contributed by atoms with Gasteiger partial charge in [-0.2, -0.15) is 0 Å². The van der Waals surface area contributed by atoms with Crippen LogP contribution in [0.5, 0.6) is 0 Å². The van der Waals surface area contributed by atoms with E-state index in [1.165, 1.54) is 5.56 Å². The Balaban J connectivity index is 2.03. The second-order valence-electron chi connectivity index (χ2n) is 5.39. The van der Waals surface area contributed by atoms with Gasteiger partial charge in [0.2, 0.25) is 0 Å². The van der Waals surface area contributed by atoms with Crippen molar-refractivity contribution in [1.82, 2.24) is 0 Å². The minimum atomic E-state index is -0.414. The molecule has 3 heteroatoms. The zero-order chi connectivity index (χ0) is 12.5. The second-order valence-corrected chi connectivity index (χ2v) is 5.82. The third-order valence-electron chi connectivity index (χ3n) is 4.02. The minimum absolute atomic E-state index is 0.0608. The van der Waals surface area contributed by atoms with Gasteiger partial charge in [-0.25, -0.2) is 0 Å². The van der Waals surface area contributed by atoms with E-state index < -0.39 is 6.10 Å². The largest absolute Gasteiger partial charge is 0.396 e. The summed E-state index contributed by atoms with van der Waals surface area (Å²) in [4.78, 5) is 0. The Morgan fingerprint density at radius 1 is 1.35 bits per heavy atom. The third kappa shape index (κ3) is 2.65. The molecule has 1 saturated carbocycles. The summed E-state index contributed by atoms with van der Waals surface area (Å²) in [7, 11) is 0. The third-order valence-corrected chi connectivity index (χ3v) is 4.27. The van der Waals surface area contributed by atoms with E-state index in [0.29, 0.717) is 0 Å². The van der Waals surface area contributed by atoms with Gasteiger partial charge in [-0.1, -0.05) is 30.7 Å². The Morgan fingerprint density at radius 2 is 2.00 bits per heavy atom. The predicted octanol–water partition coefficient (Wildman–Crippen LogP) is 2.65. The lowest BCUT2D eigenvalue weighted by molar-refractivity contribution is -0.00163. The fourth-order valence-corrected chi connectivity index (χ4v) is 2.83. The molecule has 0 spiro atoms. The van der Waals surface area contributed by atoms with Crippen molar-refractivity contribution in [3.63, 3.8) is 0 Å². The number of benzene rings is 1. The molecule has 0 amide bonds. The van der Waals surface area contributed by atoms with Crippen LogP contribution in [0.25, 0.3) is 0 Å². The van der Waals surface area contributed by atoms with E-state index in [2.05, 4.69) is 0 Å². The summed E-state index contributed by atoms with van der Waals surface area (Å²) in [5.74, 6) is 0.244. The maximum absolute atomic E-state index is 10.2. The number of halogens is 1. The molecule has 0 aliphatic heterocycles. The Kier molecular flexibility index (Phi) is 3.76. The van der Waals surface area contributed by atoms with Crippen molar-refractivity contribution in [3.05, 3.63) is 34.9 Å². The van der Waals surface area contributed by atoms with Crippen molar-refractivity contribution in [2.45, 2.75) is 32.3 Å². The number of hydrogen-bond donors (Lipinski definition) is 2. The van der Waals surface area contributed by atoms with Crippen molar-refractivity contribution in [2.75, 3.05) is 6.61 Å². The molecule has 1 aliphatic rings. The molecule has 1 aromatic rings. The molecule has 2 N–H and O–H groups in total. The summed E-state index contributed by atoms with van der Waals surface area (Å²) < 4.78 is 0. The molecule has 1 fully saturated rings. The summed E-state index contributed by atoms with van der Waals surface area (Å²) >= 11 is 5.84. The zero-order valence-corrected chi connectivity index (χ0v) is 10.8. The molecule has 0 aromatic heterocycles. The van der Waals surface area contributed by atoms with Gasteiger partial charge in [-0.05, 0) is 42.9 Å². The maximum atomic E-state index is 10.2. The van der Waals surface area contributed by atoms with Crippen molar-refractivity contribution < 1.29 is 10.2 Å². The van der Waals surface area contributed by atoms with Gasteiger partial charge in [0.1, 0.15) is 0 Å². The monoisotopic (exact) mass is 254 g/mol. The Hall–Kier alpha value is -0.570. The average Bonchev–Trinajstić information content (AvgIpc) is 2.61. The van der Waals surface area contributed by atoms with Gasteiger partial charge in [-0.15, -0.1) is 0 Å². The zero-order valence-electron chi connectivity index (χ0n) is 10.1. The van der Waals surface area contributed by atoms with Crippen LogP contribution in [0.4, 0.5) is 0 Å². The standard InChI is InChI=1S/C14H19ClO2/c1-14(9-16)7-6-11(13(14)17)8-10-2-4-12(15)5-3-10/h2-5,11,13,16-17H,6-9H2,1H3. The van der Waals surface area contributed by atoms with Gasteiger partial charge in [0.05, 0.1) is 12.7 Å². The van der Waals surface area contributed by atoms with Crippen LogP contribution in [0, 0.1) is 11.3 Å². The van der Waals surface area contributed by atoms with Crippen LogP contribution in [-0.2, 0) is 6.42 Å². The van der Waals surface area contributed by atoms with Crippen molar-refractivity contribution in [2.24, 2.45) is 11.3 Å². The van der Waals surface area contributed by atoms with E-state index in [0.717, 1.165) is 24.3 Å². The lowest BCUT2D eigenvalue weighted by Crippen LogP contribution is -2.34. The molecule has 1 aliphatic carbocycles. The van der Waals surface area contributed by atoms with Crippen molar-refractivity contribution >= 4 is 11.6 Å². The maximum Gasteiger partial charge on any atom is 0.0647 e. The summed E-state index contributed by atoms with van der Waals surface area (Å²) in [6.45, 7) is 2.02. The molecule has 0 bridgehead atoms. The van der Waals surface area contributed by atoms with Gasteiger partial charge in [0.15, 0.2) is 0 Å². The van der Waals surface area contributed by atoms with Gasteiger partial charge < -0.3 is 10.2 Å². The molecule has 0 radical (unpaired) electrons. The summed E-state index contributed by atoms with van der Waals surface area (Å²) in [5.41, 5.74) is 0.873. The van der Waals surface area contributed by atoms with Crippen LogP contribution >= 0.6 is 11.6 Å². The van der Waals surface area contributed by atoms with E-state index >= 15 is 0 Å². The highest BCUT2D eigenvalue weighted by molar-refractivity contribution is 6.30. The molecule has 2 nitrogen and oxygen atoms in total. The summed E-state index contributed by atoms with van der Waals surface area (Å²) in [6.07, 6.45) is 2.31. The van der Waals surface area contributed by atoms with Crippen LogP contribution < -0.4 is 0 Å². The quantitative estimate of drug-likeness (QED) is 0.871. The van der Waals surface area contributed by atoms with Crippen molar-refractivity contribution in [1.29, 1.82) is 0 Å². The highest BCUT2D eigenvalue weighted by atomic mass is 35.5. The number of aliphatic hydroxyl groups is 2. The van der Waals surface area contributed by atoms with E-state index in [1.54, 1.807) is 0 Å². The van der Waals surface area contributed by atoms with Crippen molar-refractivity contribution in [3.8, 4) is 0 Å². The Labute approximate surface area is 107 Å². The first-order chi connectivity index (χ1) is 8.05. The van der Waals surface area contributed by atoms with Crippen LogP contribution in [-0.4, -0.2) is 22.9 Å². The highest BCUT2D eigenvalue weighted by Gasteiger charge is 2.43. The van der Waals surface area contributed by atoms with Crippen LogP contribution in [0.3, 0.4) is 0 Å². The first-order valence-corrected chi connectivity index (χ1v) is 6.46. The van der Waals surface area contributed by atoms with Gasteiger partial charge in [0.25, 0.3) is 0 Å². The molecular formula is C14H19ClO2.